The Kier molecular flexibility index (Phi) is 4.40. The standard InChI is InChI=1S/C11H10N4O3S/c16-9(4-3-8-2-1-5-18-8)12-6-10(17)14-11-15-13-7-19-11/h1-5,7H,6H2,(H,12,16)(H,14,15,17)/b4-3+. The van der Waals surface area contributed by atoms with Gasteiger partial charge in [0.2, 0.25) is 16.9 Å². The van der Waals surface area contributed by atoms with Crippen molar-refractivity contribution in [1.29, 1.82) is 0 Å². The monoisotopic (exact) mass is 278 g/mol. The molecule has 19 heavy (non-hydrogen) atoms. The van der Waals surface area contributed by atoms with E-state index >= 15 is 0 Å². The highest BCUT2D eigenvalue weighted by Gasteiger charge is 2.05. The van der Waals surface area contributed by atoms with Crippen LogP contribution in [0.15, 0.2) is 34.4 Å². The van der Waals surface area contributed by atoms with E-state index in [4.69, 9.17) is 4.42 Å². The van der Waals surface area contributed by atoms with Crippen molar-refractivity contribution in [2.75, 3.05) is 11.9 Å². The molecule has 0 spiro atoms. The van der Waals surface area contributed by atoms with E-state index in [1.165, 1.54) is 35.3 Å². The predicted molar refractivity (Wildman–Crippen MR) is 69.3 cm³/mol. The summed E-state index contributed by atoms with van der Waals surface area (Å²) in [6, 6.07) is 3.43. The van der Waals surface area contributed by atoms with Crippen LogP contribution in [0, 0.1) is 0 Å². The van der Waals surface area contributed by atoms with Crippen molar-refractivity contribution in [2.45, 2.75) is 0 Å². The van der Waals surface area contributed by atoms with Crippen LogP contribution in [-0.4, -0.2) is 28.6 Å². The van der Waals surface area contributed by atoms with Gasteiger partial charge in [0.05, 0.1) is 12.8 Å². The van der Waals surface area contributed by atoms with Gasteiger partial charge in [-0.1, -0.05) is 11.3 Å². The first kappa shape index (κ1) is 13.0. The largest absolute Gasteiger partial charge is 0.465 e. The van der Waals surface area contributed by atoms with Gasteiger partial charge in [-0.15, -0.1) is 10.2 Å². The molecule has 8 heteroatoms. The summed E-state index contributed by atoms with van der Waals surface area (Å²) >= 11 is 1.20. The molecule has 2 N–H and O–H groups in total. The third kappa shape index (κ3) is 4.36. The molecule has 0 saturated heterocycles. The Bertz CT molecular complexity index is 563. The molecule has 0 unspecified atom stereocenters. The molecule has 0 aliphatic heterocycles. The molecule has 2 heterocycles. The number of rotatable bonds is 5. The maximum atomic E-state index is 11.4. The number of carbonyl (C=O) groups excluding carboxylic acids is 2. The summed E-state index contributed by atoms with van der Waals surface area (Å²) in [5.74, 6) is -0.186. The number of hydrogen-bond acceptors (Lipinski definition) is 6. The number of nitrogens with one attached hydrogen (secondary N) is 2. The number of hydrogen-bond donors (Lipinski definition) is 2. The van der Waals surface area contributed by atoms with Crippen LogP contribution in [0.3, 0.4) is 0 Å². The van der Waals surface area contributed by atoms with Crippen molar-refractivity contribution in [3.05, 3.63) is 35.7 Å². The molecule has 0 aliphatic carbocycles. The summed E-state index contributed by atoms with van der Waals surface area (Å²) in [7, 11) is 0. The maximum absolute atomic E-state index is 11.4. The van der Waals surface area contributed by atoms with E-state index in [0.717, 1.165) is 0 Å². The molecule has 0 radical (unpaired) electrons. The lowest BCUT2D eigenvalue weighted by Gasteiger charge is -2.01. The summed E-state index contributed by atoms with van der Waals surface area (Å²) < 4.78 is 5.02. The van der Waals surface area contributed by atoms with E-state index < -0.39 is 0 Å². The first-order valence-corrected chi connectivity index (χ1v) is 6.17. The third-order valence-corrected chi connectivity index (χ3v) is 2.58. The van der Waals surface area contributed by atoms with Gasteiger partial charge in [-0.05, 0) is 18.2 Å². The average Bonchev–Trinajstić information content (AvgIpc) is 3.06. The molecule has 0 aromatic carbocycles. The minimum absolute atomic E-state index is 0.138. The summed E-state index contributed by atoms with van der Waals surface area (Å²) in [5, 5.41) is 12.5. The molecule has 2 aromatic heterocycles. The molecule has 2 amide bonds. The van der Waals surface area contributed by atoms with Gasteiger partial charge in [0.25, 0.3) is 0 Å². The zero-order valence-corrected chi connectivity index (χ0v) is 10.5. The summed E-state index contributed by atoms with van der Waals surface area (Å²) in [6.45, 7) is -0.138. The summed E-state index contributed by atoms with van der Waals surface area (Å²) in [5.41, 5.74) is 1.50. The van der Waals surface area contributed by atoms with Gasteiger partial charge in [0.15, 0.2) is 0 Å². The van der Waals surface area contributed by atoms with E-state index in [1.807, 2.05) is 0 Å². The second-order valence-electron chi connectivity index (χ2n) is 3.36. The normalized spacial score (nSPS) is 10.5. The molecule has 98 valence electrons. The van der Waals surface area contributed by atoms with Crippen molar-refractivity contribution in [2.24, 2.45) is 0 Å². The Labute approximate surface area is 112 Å². The molecule has 0 bridgehead atoms. The number of anilines is 1. The van der Waals surface area contributed by atoms with E-state index in [2.05, 4.69) is 20.8 Å². The lowest BCUT2D eigenvalue weighted by Crippen LogP contribution is -2.31. The molecular weight excluding hydrogens is 268 g/mol. The SMILES string of the molecule is O=C(/C=C/c1ccco1)NCC(=O)Nc1nncs1. The van der Waals surface area contributed by atoms with Gasteiger partial charge in [0, 0.05) is 6.08 Å². The highest BCUT2D eigenvalue weighted by atomic mass is 32.1. The van der Waals surface area contributed by atoms with Gasteiger partial charge in [0.1, 0.15) is 11.3 Å². The molecule has 2 rings (SSSR count). The molecule has 0 saturated carbocycles. The van der Waals surface area contributed by atoms with Crippen LogP contribution in [0.5, 0.6) is 0 Å². The van der Waals surface area contributed by atoms with Gasteiger partial charge in [-0.3, -0.25) is 14.9 Å². The van der Waals surface area contributed by atoms with E-state index in [1.54, 1.807) is 12.1 Å². The van der Waals surface area contributed by atoms with Crippen LogP contribution in [-0.2, 0) is 9.59 Å². The Morgan fingerprint density at radius 1 is 1.47 bits per heavy atom. The maximum Gasteiger partial charge on any atom is 0.245 e. The lowest BCUT2D eigenvalue weighted by molar-refractivity contribution is -0.121. The van der Waals surface area contributed by atoms with E-state index in [9.17, 15) is 9.59 Å². The van der Waals surface area contributed by atoms with Crippen molar-refractivity contribution in [3.8, 4) is 0 Å². The first-order valence-electron chi connectivity index (χ1n) is 5.29. The number of aromatic nitrogens is 2. The smallest absolute Gasteiger partial charge is 0.245 e. The Morgan fingerprint density at radius 3 is 3.05 bits per heavy atom. The van der Waals surface area contributed by atoms with Crippen LogP contribution in [0.25, 0.3) is 6.08 Å². The van der Waals surface area contributed by atoms with Gasteiger partial charge < -0.3 is 9.73 Å². The highest BCUT2D eigenvalue weighted by molar-refractivity contribution is 7.13. The minimum atomic E-state index is -0.385. The fourth-order valence-electron chi connectivity index (χ4n) is 1.16. The zero-order valence-electron chi connectivity index (χ0n) is 9.70. The number of furan rings is 1. The second-order valence-corrected chi connectivity index (χ2v) is 4.19. The fourth-order valence-corrected chi connectivity index (χ4v) is 1.62. The summed E-state index contributed by atoms with van der Waals surface area (Å²) in [4.78, 5) is 22.8. The molecule has 0 atom stereocenters. The van der Waals surface area contributed by atoms with Crippen LogP contribution in [0.4, 0.5) is 5.13 Å². The average molecular weight is 278 g/mol. The van der Waals surface area contributed by atoms with Crippen molar-refractivity contribution >= 4 is 34.4 Å². The Balaban J connectivity index is 1.73. The van der Waals surface area contributed by atoms with Crippen molar-refractivity contribution in [1.82, 2.24) is 15.5 Å². The molecular formula is C11H10N4O3S. The molecule has 2 aromatic rings. The predicted octanol–water partition coefficient (Wildman–Crippen LogP) is 0.899. The van der Waals surface area contributed by atoms with Crippen molar-refractivity contribution in [3.63, 3.8) is 0 Å². The highest BCUT2D eigenvalue weighted by Crippen LogP contribution is 2.06. The summed E-state index contributed by atoms with van der Waals surface area (Å²) in [6.07, 6.45) is 4.31. The first-order chi connectivity index (χ1) is 9.24. The van der Waals surface area contributed by atoms with Crippen molar-refractivity contribution < 1.29 is 14.0 Å². The van der Waals surface area contributed by atoms with E-state index in [0.29, 0.717) is 10.9 Å². The van der Waals surface area contributed by atoms with Crippen LogP contribution in [0.1, 0.15) is 5.76 Å². The topological polar surface area (TPSA) is 97.1 Å². The van der Waals surface area contributed by atoms with E-state index in [-0.39, 0.29) is 18.4 Å². The quantitative estimate of drug-likeness (QED) is 0.792. The van der Waals surface area contributed by atoms with Gasteiger partial charge in [-0.25, -0.2) is 0 Å². The van der Waals surface area contributed by atoms with Crippen LogP contribution < -0.4 is 10.6 Å². The molecule has 0 aliphatic rings. The molecule has 0 fully saturated rings. The van der Waals surface area contributed by atoms with Gasteiger partial charge >= 0.3 is 0 Å². The second kappa shape index (κ2) is 6.45. The van der Waals surface area contributed by atoms with Gasteiger partial charge in [-0.2, -0.15) is 0 Å². The minimum Gasteiger partial charge on any atom is -0.465 e. The fraction of sp³-hybridized carbons (Fsp3) is 0.0909. The van der Waals surface area contributed by atoms with Crippen LogP contribution >= 0.6 is 11.3 Å². The zero-order chi connectivity index (χ0) is 13.5. The lowest BCUT2D eigenvalue weighted by atomic mass is 10.4. The number of amides is 2. The number of carbonyl (C=O) groups is 2. The van der Waals surface area contributed by atoms with Crippen LogP contribution in [0.2, 0.25) is 0 Å². The number of nitrogens with zero attached hydrogens (tertiary/aromatic N) is 2. The Morgan fingerprint density at radius 2 is 2.37 bits per heavy atom. The Hall–Kier alpha value is -2.48. The third-order valence-electron chi connectivity index (χ3n) is 1.97. The molecule has 7 nitrogen and oxygen atoms in total.